The van der Waals surface area contributed by atoms with Crippen LogP contribution in [-0.2, 0) is 24.8 Å². The van der Waals surface area contributed by atoms with Gasteiger partial charge in [0.2, 0.25) is 5.88 Å². The number of hydrogen-bond acceptors (Lipinski definition) is 9. The summed E-state index contributed by atoms with van der Waals surface area (Å²) in [5, 5.41) is 33.5. The maximum Gasteiger partial charge on any atom is 0.213 e. The lowest BCUT2D eigenvalue weighted by Crippen LogP contribution is -2.21. The Balaban J connectivity index is 0.00000116. The molecule has 1 saturated heterocycles. The lowest BCUT2D eigenvalue weighted by Gasteiger charge is -2.16. The first-order valence-corrected chi connectivity index (χ1v) is 17.6. The minimum atomic E-state index is -0.675. The lowest BCUT2D eigenvalue weighted by molar-refractivity contribution is 0.0367. The molecule has 0 spiro atoms. The molecular weight excluding hydrogens is 678 g/mol. The summed E-state index contributed by atoms with van der Waals surface area (Å²) in [5.74, 6) is 0.0143. The molecule has 0 atom stereocenters. The van der Waals surface area contributed by atoms with Crippen LogP contribution in [0.4, 0.5) is 8.78 Å². The Bertz CT molecular complexity index is 1990. The van der Waals surface area contributed by atoms with Crippen molar-refractivity contribution in [2.45, 2.75) is 60.4 Å². The first-order valence-electron chi connectivity index (χ1n) is 17.6. The van der Waals surface area contributed by atoms with Gasteiger partial charge >= 0.3 is 0 Å². The Morgan fingerprint density at radius 1 is 1.19 bits per heavy atom. The molecule has 0 radical (unpaired) electrons. The van der Waals surface area contributed by atoms with Crippen molar-refractivity contribution in [2.75, 3.05) is 33.4 Å². The number of rotatable bonds is 14. The van der Waals surface area contributed by atoms with Crippen LogP contribution in [0.5, 0.6) is 5.88 Å². The van der Waals surface area contributed by atoms with Gasteiger partial charge in [-0.2, -0.15) is 10.4 Å². The van der Waals surface area contributed by atoms with Crippen LogP contribution in [-0.4, -0.2) is 74.4 Å². The van der Waals surface area contributed by atoms with Gasteiger partial charge < -0.3 is 24.6 Å². The summed E-state index contributed by atoms with van der Waals surface area (Å²) < 4.78 is 40.7. The van der Waals surface area contributed by atoms with Crippen molar-refractivity contribution in [3.63, 3.8) is 0 Å². The van der Waals surface area contributed by atoms with Gasteiger partial charge in [-0.15, -0.1) is 0 Å². The molecule has 1 aromatic carbocycles. The highest BCUT2D eigenvalue weighted by Crippen LogP contribution is 2.27. The normalized spacial score (nSPS) is 13.6. The summed E-state index contributed by atoms with van der Waals surface area (Å²) in [6.45, 7) is 12.5. The Labute approximate surface area is 310 Å². The minimum Gasteiger partial charge on any atom is -0.507 e. The number of hydrogen-bond donors (Lipinski definition) is 3. The van der Waals surface area contributed by atoms with Gasteiger partial charge in [-0.1, -0.05) is 19.9 Å². The van der Waals surface area contributed by atoms with Gasteiger partial charge in [-0.05, 0) is 102 Å². The molecule has 4 aromatic rings. The fourth-order valence-corrected chi connectivity index (χ4v) is 5.00. The van der Waals surface area contributed by atoms with Gasteiger partial charge in [0.25, 0.3) is 0 Å². The smallest absolute Gasteiger partial charge is 0.213 e. The van der Waals surface area contributed by atoms with Crippen molar-refractivity contribution >= 4 is 34.9 Å². The van der Waals surface area contributed by atoms with Crippen molar-refractivity contribution in [1.82, 2.24) is 29.6 Å². The number of halogens is 2. The number of aromatic amines is 1. The van der Waals surface area contributed by atoms with Crippen molar-refractivity contribution in [3.05, 3.63) is 99.6 Å². The number of ether oxygens (including phenoxy) is 2. The third-order valence-corrected chi connectivity index (χ3v) is 8.09. The molecule has 5 rings (SSSR count). The van der Waals surface area contributed by atoms with Gasteiger partial charge in [-0.3, -0.25) is 10.00 Å². The van der Waals surface area contributed by atoms with E-state index in [4.69, 9.17) is 25.1 Å². The molecule has 0 amide bonds. The van der Waals surface area contributed by atoms with Crippen LogP contribution in [0.2, 0.25) is 0 Å². The molecule has 1 aliphatic rings. The highest BCUT2D eigenvalue weighted by atomic mass is 19.1. The zero-order valence-corrected chi connectivity index (χ0v) is 31.6. The number of aromatic nitrogens is 5. The third-order valence-electron chi connectivity index (χ3n) is 8.09. The standard InChI is InChI=1S/C35H38F2N8O2.C3H6O.C2H6/c1-22(16-29(37)23(2)19-39)21-47-34-10-6-8-26(40-34)9-7-15-44(4)20-33-41-30-17-25(11-12-31(30)45(33)5)32(46)18-27-24(3)42-43-35(27)28(36)13-14-38;1-2-4-3-1;1-2/h6,8,10-14,16-18,38,46H,7,9,15,20-21H2,1-5H3,(H,42,43);1-3H2;1-2H3/b22-16+,28-13+,29-23-,32-18+,38-14?;;. The van der Waals surface area contributed by atoms with E-state index in [9.17, 15) is 13.9 Å². The predicted octanol–water partition coefficient (Wildman–Crippen LogP) is 8.61. The van der Waals surface area contributed by atoms with Crippen LogP contribution >= 0.6 is 0 Å². The first kappa shape index (κ1) is 42.0. The van der Waals surface area contributed by atoms with Crippen molar-refractivity contribution in [2.24, 2.45) is 7.05 Å². The largest absolute Gasteiger partial charge is 0.507 e. The minimum absolute atomic E-state index is 0.0218. The van der Waals surface area contributed by atoms with Crippen LogP contribution in [0.25, 0.3) is 28.7 Å². The number of allylic oxidation sites excluding steroid dienone is 4. The van der Waals surface area contributed by atoms with Crippen LogP contribution in [0.15, 0.2) is 65.5 Å². The number of fused-ring (bicyclic) bond motifs is 1. The number of aryl methyl sites for hydroxylation is 3. The molecule has 282 valence electrons. The monoisotopic (exact) mass is 728 g/mol. The molecule has 3 aromatic heterocycles. The third kappa shape index (κ3) is 12.3. The average Bonchev–Trinajstić information content (AvgIpc) is 3.64. The molecule has 0 bridgehead atoms. The van der Waals surface area contributed by atoms with Gasteiger partial charge in [0.1, 0.15) is 29.7 Å². The van der Waals surface area contributed by atoms with E-state index in [1.165, 1.54) is 25.5 Å². The molecule has 1 fully saturated rings. The van der Waals surface area contributed by atoms with Crippen LogP contribution < -0.4 is 4.74 Å². The van der Waals surface area contributed by atoms with Gasteiger partial charge in [-0.25, -0.2) is 18.7 Å². The first-order chi connectivity index (χ1) is 25.5. The summed E-state index contributed by atoms with van der Waals surface area (Å²) in [5.41, 5.74) is 4.72. The molecule has 13 heteroatoms. The fourth-order valence-electron chi connectivity index (χ4n) is 5.00. The van der Waals surface area contributed by atoms with E-state index in [1.54, 1.807) is 38.1 Å². The number of pyridine rings is 1. The van der Waals surface area contributed by atoms with Crippen LogP contribution in [0.1, 0.15) is 74.6 Å². The van der Waals surface area contributed by atoms with E-state index in [1.807, 2.05) is 50.7 Å². The van der Waals surface area contributed by atoms with Crippen LogP contribution in [0.3, 0.4) is 0 Å². The summed E-state index contributed by atoms with van der Waals surface area (Å²) in [6.07, 6.45) is 7.47. The second kappa shape index (κ2) is 21.2. The second-order valence-electron chi connectivity index (χ2n) is 12.3. The van der Waals surface area contributed by atoms with Crippen molar-refractivity contribution < 1.29 is 23.4 Å². The lowest BCUT2D eigenvalue weighted by atomic mass is 10.1. The molecule has 4 heterocycles. The Morgan fingerprint density at radius 2 is 1.91 bits per heavy atom. The average molecular weight is 729 g/mol. The number of H-pyrrole nitrogens is 1. The van der Waals surface area contributed by atoms with Crippen molar-refractivity contribution in [3.8, 4) is 11.9 Å². The topological polar surface area (TPSA) is 149 Å². The second-order valence-corrected chi connectivity index (χ2v) is 12.3. The molecule has 53 heavy (non-hydrogen) atoms. The quantitative estimate of drug-likeness (QED) is 0.0506. The molecule has 11 nitrogen and oxygen atoms in total. The summed E-state index contributed by atoms with van der Waals surface area (Å²) in [4.78, 5) is 11.6. The molecule has 0 unspecified atom stereocenters. The predicted molar refractivity (Wildman–Crippen MR) is 207 cm³/mol. The van der Waals surface area contributed by atoms with E-state index >= 15 is 0 Å². The Kier molecular flexibility index (Phi) is 16.8. The van der Waals surface area contributed by atoms with E-state index in [0.717, 1.165) is 67.4 Å². The number of nitrogens with zero attached hydrogens (tertiary/aromatic N) is 6. The molecular formula is C40H50F2N8O3. The maximum atomic E-state index is 14.4. The highest BCUT2D eigenvalue weighted by Gasteiger charge is 2.16. The number of nitrogens with one attached hydrogen (secondary N) is 2. The number of aliphatic hydroxyl groups is 1. The van der Waals surface area contributed by atoms with E-state index in [-0.39, 0.29) is 23.6 Å². The zero-order valence-electron chi connectivity index (χ0n) is 31.6. The molecule has 0 aliphatic carbocycles. The number of imidazole rings is 1. The van der Waals surface area contributed by atoms with Crippen molar-refractivity contribution in [1.29, 1.82) is 10.7 Å². The van der Waals surface area contributed by atoms with Gasteiger partial charge in [0.05, 0.1) is 29.2 Å². The molecule has 0 saturated carbocycles. The number of benzene rings is 1. The molecule has 1 aliphatic heterocycles. The number of aliphatic hydroxyl groups excluding tert-OH is 1. The summed E-state index contributed by atoms with van der Waals surface area (Å²) >= 11 is 0. The Morgan fingerprint density at radius 3 is 2.57 bits per heavy atom. The Hall–Kier alpha value is -5.45. The van der Waals surface area contributed by atoms with Crippen LogP contribution in [0, 0.1) is 23.7 Å². The SMILES string of the molecule is C/C(C#N)=C(F)\C=C(/C)COc1cccc(CCCN(C)Cc2nc3cc(/C(O)=C\c4c(/C(F)=C\C=N)n[nH]c4C)ccc3n2C)n1.C1COC1.CC. The summed E-state index contributed by atoms with van der Waals surface area (Å²) in [6, 6.07) is 12.8. The maximum absolute atomic E-state index is 14.4. The van der Waals surface area contributed by atoms with Gasteiger partial charge in [0.15, 0.2) is 5.83 Å². The van der Waals surface area contributed by atoms with E-state index < -0.39 is 11.7 Å². The number of nitriles is 1. The zero-order chi connectivity index (χ0) is 38.9. The van der Waals surface area contributed by atoms with Gasteiger partial charge in [0, 0.05) is 55.1 Å². The van der Waals surface area contributed by atoms with E-state index in [0.29, 0.717) is 34.8 Å². The summed E-state index contributed by atoms with van der Waals surface area (Å²) in [7, 11) is 3.98. The van der Waals surface area contributed by atoms with E-state index in [2.05, 4.69) is 20.1 Å². The highest BCUT2D eigenvalue weighted by molar-refractivity contribution is 5.87. The molecule has 3 N–H and O–H groups in total. The fraction of sp³-hybridized carbons (Fsp3) is 0.375.